The lowest BCUT2D eigenvalue weighted by Crippen LogP contribution is -2.13. The number of anilines is 1. The van der Waals surface area contributed by atoms with E-state index in [1.165, 1.54) is 6.07 Å². The molecule has 10 heteroatoms. The predicted octanol–water partition coefficient (Wildman–Crippen LogP) is 7.81. The van der Waals surface area contributed by atoms with Gasteiger partial charge in [-0.1, -0.05) is 51.8 Å². The molecule has 4 aromatic rings. The average Bonchev–Trinajstić information content (AvgIpc) is 3.10. The first-order valence-corrected chi connectivity index (χ1v) is 12.4. The third kappa shape index (κ3) is 6.53. The van der Waals surface area contributed by atoms with Crippen molar-refractivity contribution >= 4 is 39.1 Å². The Labute approximate surface area is 225 Å². The highest BCUT2D eigenvalue weighted by molar-refractivity contribution is 9.10. The Hall–Kier alpha value is -3.30. The smallest absolute Gasteiger partial charge is 0.416 e. The lowest BCUT2D eigenvalue weighted by molar-refractivity contribution is -0.137. The van der Waals surface area contributed by atoms with Crippen LogP contribution in [0.4, 0.5) is 18.9 Å². The Morgan fingerprint density at radius 3 is 2.46 bits per heavy atom. The summed E-state index contributed by atoms with van der Waals surface area (Å²) >= 11 is 9.53. The fraction of sp³-hybridized carbons (Fsp3) is 0.185. The van der Waals surface area contributed by atoms with Gasteiger partial charge in [-0.2, -0.15) is 18.3 Å². The summed E-state index contributed by atoms with van der Waals surface area (Å²) < 4.78 is 47.3. The standard InChI is InChI=1S/C27H22BrClF3N3O2/c1-16-25(17(2)35(34-16)14-19-4-3-5-21(12-19)27(30,31)32)33-26(36)20-8-6-18(7-9-20)15-37-24-11-10-22(28)13-23(24)29/h3-13H,14-15H2,1-2H3,(H,33,36). The van der Waals surface area contributed by atoms with Gasteiger partial charge in [-0.3, -0.25) is 9.48 Å². The van der Waals surface area contributed by atoms with E-state index in [4.69, 9.17) is 16.3 Å². The van der Waals surface area contributed by atoms with E-state index in [2.05, 4.69) is 26.3 Å². The summed E-state index contributed by atoms with van der Waals surface area (Å²) in [6.45, 7) is 3.92. The Kier molecular flexibility index (Phi) is 7.94. The van der Waals surface area contributed by atoms with Crippen molar-refractivity contribution in [3.05, 3.63) is 110 Å². The van der Waals surface area contributed by atoms with Crippen LogP contribution in [0.2, 0.25) is 5.02 Å². The summed E-state index contributed by atoms with van der Waals surface area (Å²) in [6, 6.07) is 17.4. The molecule has 0 bridgehead atoms. The van der Waals surface area contributed by atoms with Crippen LogP contribution in [0.25, 0.3) is 0 Å². The van der Waals surface area contributed by atoms with Crippen LogP contribution in [-0.2, 0) is 19.3 Å². The van der Waals surface area contributed by atoms with E-state index < -0.39 is 11.7 Å². The number of alkyl halides is 3. The maximum Gasteiger partial charge on any atom is 0.416 e. The van der Waals surface area contributed by atoms with Crippen LogP contribution in [0, 0.1) is 13.8 Å². The fourth-order valence-electron chi connectivity index (χ4n) is 3.74. The third-order valence-corrected chi connectivity index (χ3v) is 6.50. The van der Waals surface area contributed by atoms with Gasteiger partial charge in [-0.15, -0.1) is 0 Å². The summed E-state index contributed by atoms with van der Waals surface area (Å²) in [7, 11) is 0. The normalized spacial score (nSPS) is 11.4. The molecule has 0 saturated heterocycles. The molecule has 0 saturated carbocycles. The van der Waals surface area contributed by atoms with Crippen molar-refractivity contribution in [2.45, 2.75) is 33.2 Å². The van der Waals surface area contributed by atoms with Crippen LogP contribution in [0.15, 0.2) is 71.2 Å². The Morgan fingerprint density at radius 1 is 1.05 bits per heavy atom. The van der Waals surface area contributed by atoms with Gasteiger partial charge >= 0.3 is 6.18 Å². The zero-order chi connectivity index (χ0) is 26.7. The Balaban J connectivity index is 1.42. The first-order valence-electron chi connectivity index (χ1n) is 11.2. The van der Waals surface area contributed by atoms with Crippen LogP contribution in [0.3, 0.4) is 0 Å². The molecule has 1 heterocycles. The second kappa shape index (κ2) is 11.0. The highest BCUT2D eigenvalue weighted by atomic mass is 79.9. The molecule has 0 spiro atoms. The molecule has 4 rings (SSSR count). The zero-order valence-corrected chi connectivity index (χ0v) is 22.2. The molecular formula is C27H22BrClF3N3O2. The molecule has 1 N–H and O–H groups in total. The zero-order valence-electron chi connectivity index (χ0n) is 19.9. The number of carbonyl (C=O) groups is 1. The Morgan fingerprint density at radius 2 is 1.78 bits per heavy atom. The Bertz CT molecular complexity index is 1440. The molecule has 0 radical (unpaired) electrons. The fourth-order valence-corrected chi connectivity index (χ4v) is 4.47. The van der Waals surface area contributed by atoms with Crippen molar-refractivity contribution in [3.8, 4) is 5.75 Å². The van der Waals surface area contributed by atoms with Crippen molar-refractivity contribution in [2.24, 2.45) is 0 Å². The lowest BCUT2D eigenvalue weighted by Gasteiger charge is -2.11. The van der Waals surface area contributed by atoms with Crippen LogP contribution < -0.4 is 10.1 Å². The van der Waals surface area contributed by atoms with Crippen molar-refractivity contribution in [1.82, 2.24) is 9.78 Å². The van der Waals surface area contributed by atoms with Crippen LogP contribution in [-0.4, -0.2) is 15.7 Å². The number of amides is 1. The summed E-state index contributed by atoms with van der Waals surface area (Å²) in [5, 5.41) is 7.78. The van der Waals surface area contributed by atoms with Gasteiger partial charge in [0.25, 0.3) is 5.91 Å². The second-order valence-corrected chi connectivity index (χ2v) is 9.74. The molecule has 0 aliphatic heterocycles. The molecule has 0 aliphatic rings. The first kappa shape index (κ1) is 26.8. The van der Waals surface area contributed by atoms with Gasteiger partial charge in [0.15, 0.2) is 0 Å². The molecule has 37 heavy (non-hydrogen) atoms. The number of hydrogen-bond donors (Lipinski definition) is 1. The van der Waals surface area contributed by atoms with E-state index >= 15 is 0 Å². The summed E-state index contributed by atoms with van der Waals surface area (Å²) in [5.41, 5.74) is 2.77. The third-order valence-electron chi connectivity index (χ3n) is 5.71. The average molecular weight is 593 g/mol. The van der Waals surface area contributed by atoms with E-state index in [1.54, 1.807) is 61.0 Å². The topological polar surface area (TPSA) is 56.2 Å². The van der Waals surface area contributed by atoms with Crippen LogP contribution >= 0.6 is 27.5 Å². The number of rotatable bonds is 7. The van der Waals surface area contributed by atoms with Crippen molar-refractivity contribution in [3.63, 3.8) is 0 Å². The number of hydrogen-bond acceptors (Lipinski definition) is 3. The van der Waals surface area contributed by atoms with E-state index in [0.29, 0.717) is 39.0 Å². The minimum absolute atomic E-state index is 0.142. The van der Waals surface area contributed by atoms with E-state index in [0.717, 1.165) is 22.2 Å². The van der Waals surface area contributed by atoms with Gasteiger partial charge in [-0.25, -0.2) is 0 Å². The number of benzene rings is 3. The van der Waals surface area contributed by atoms with E-state index in [9.17, 15) is 18.0 Å². The molecule has 0 atom stereocenters. The highest BCUT2D eigenvalue weighted by Gasteiger charge is 2.30. The summed E-state index contributed by atoms with van der Waals surface area (Å²) in [4.78, 5) is 12.9. The van der Waals surface area contributed by atoms with Crippen molar-refractivity contribution in [1.29, 1.82) is 0 Å². The molecule has 192 valence electrons. The van der Waals surface area contributed by atoms with E-state index in [-0.39, 0.29) is 19.1 Å². The van der Waals surface area contributed by atoms with Crippen molar-refractivity contribution in [2.75, 3.05) is 5.32 Å². The van der Waals surface area contributed by atoms with Gasteiger partial charge in [0, 0.05) is 10.0 Å². The largest absolute Gasteiger partial charge is 0.487 e. The number of nitrogens with one attached hydrogen (secondary N) is 1. The molecule has 0 fully saturated rings. The van der Waals surface area contributed by atoms with Gasteiger partial charge in [-0.05, 0) is 67.4 Å². The van der Waals surface area contributed by atoms with Crippen molar-refractivity contribution < 1.29 is 22.7 Å². The predicted molar refractivity (Wildman–Crippen MR) is 140 cm³/mol. The maximum atomic E-state index is 13.0. The quantitative estimate of drug-likeness (QED) is 0.238. The minimum atomic E-state index is -4.42. The number of ether oxygens (including phenoxy) is 1. The summed E-state index contributed by atoms with van der Waals surface area (Å²) in [5.74, 6) is 0.230. The number of carbonyl (C=O) groups excluding carboxylic acids is 1. The van der Waals surface area contributed by atoms with Gasteiger partial charge in [0.05, 0.1) is 34.2 Å². The molecule has 5 nitrogen and oxygen atoms in total. The summed E-state index contributed by atoms with van der Waals surface area (Å²) in [6.07, 6.45) is -4.42. The second-order valence-electron chi connectivity index (χ2n) is 8.42. The van der Waals surface area contributed by atoms with Gasteiger partial charge < -0.3 is 10.1 Å². The van der Waals surface area contributed by atoms with E-state index in [1.807, 2.05) is 6.07 Å². The monoisotopic (exact) mass is 591 g/mol. The molecule has 0 aliphatic carbocycles. The van der Waals surface area contributed by atoms with Crippen LogP contribution in [0.1, 0.15) is 38.4 Å². The maximum absolute atomic E-state index is 13.0. The molecule has 1 aromatic heterocycles. The lowest BCUT2D eigenvalue weighted by atomic mass is 10.1. The molecular weight excluding hydrogens is 571 g/mol. The highest BCUT2D eigenvalue weighted by Crippen LogP contribution is 2.30. The number of aromatic nitrogens is 2. The first-order chi connectivity index (χ1) is 17.5. The SMILES string of the molecule is Cc1nn(Cc2cccc(C(F)(F)F)c2)c(C)c1NC(=O)c1ccc(COc2ccc(Br)cc2Cl)cc1. The number of halogens is 5. The van der Waals surface area contributed by atoms with Gasteiger partial charge in [0.1, 0.15) is 12.4 Å². The number of aryl methyl sites for hydroxylation is 1. The molecule has 1 amide bonds. The van der Waals surface area contributed by atoms with Crippen LogP contribution in [0.5, 0.6) is 5.75 Å². The minimum Gasteiger partial charge on any atom is -0.487 e. The number of nitrogens with zero attached hydrogens (tertiary/aromatic N) is 2. The van der Waals surface area contributed by atoms with Gasteiger partial charge in [0.2, 0.25) is 0 Å². The molecule has 3 aromatic carbocycles. The molecule has 0 unspecified atom stereocenters.